The summed E-state index contributed by atoms with van der Waals surface area (Å²) in [6.45, 7) is 1.63. The molecule has 2 heterocycles. The fourth-order valence-corrected chi connectivity index (χ4v) is 2.91. The number of carbonyl (C=O) groups is 1. The zero-order chi connectivity index (χ0) is 19.8. The fraction of sp³-hybridized carbons (Fsp3) is 0.100. The Bertz CT molecular complexity index is 1180. The molecule has 6 nitrogen and oxygen atoms in total. The van der Waals surface area contributed by atoms with Crippen LogP contribution >= 0.6 is 0 Å². The van der Waals surface area contributed by atoms with Crippen LogP contribution in [0.5, 0.6) is 11.5 Å². The molecule has 3 aromatic rings. The highest BCUT2D eigenvalue weighted by Gasteiger charge is 2.26. The summed E-state index contributed by atoms with van der Waals surface area (Å²) < 4.78 is 45.1. The van der Waals surface area contributed by atoms with Crippen LogP contribution in [0, 0.1) is 11.6 Å². The van der Waals surface area contributed by atoms with Crippen molar-refractivity contribution in [2.75, 3.05) is 6.61 Å². The van der Waals surface area contributed by atoms with E-state index in [2.05, 4.69) is 4.74 Å². The Balaban J connectivity index is 1.96. The molecule has 28 heavy (non-hydrogen) atoms. The van der Waals surface area contributed by atoms with Crippen LogP contribution in [0.4, 0.5) is 13.6 Å². The number of rotatable bonds is 3. The standard InChI is InChI=1S/C20H13F2NO5/c1-2-26-20(25)28-15-10-23-9-14(11-6-4-3-5-7-11)27-19-16(22)13(21)8-12(17(19)23)18(15)24/h3-10H,2H2,1H3. The van der Waals surface area contributed by atoms with Crippen molar-refractivity contribution in [3.8, 4) is 11.5 Å². The maximum Gasteiger partial charge on any atom is 0.514 e. The van der Waals surface area contributed by atoms with Crippen LogP contribution in [0.2, 0.25) is 0 Å². The van der Waals surface area contributed by atoms with E-state index in [1.165, 1.54) is 17.0 Å². The molecule has 0 radical (unpaired) electrons. The molecule has 4 rings (SSSR count). The summed E-state index contributed by atoms with van der Waals surface area (Å²) in [7, 11) is 0. The average molecular weight is 385 g/mol. The fourth-order valence-electron chi connectivity index (χ4n) is 2.91. The number of hydrogen-bond acceptors (Lipinski definition) is 5. The molecule has 0 spiro atoms. The zero-order valence-electron chi connectivity index (χ0n) is 14.6. The van der Waals surface area contributed by atoms with E-state index in [1.807, 2.05) is 0 Å². The predicted molar refractivity (Wildman–Crippen MR) is 97.0 cm³/mol. The monoisotopic (exact) mass is 385 g/mol. The third-order valence-electron chi connectivity index (χ3n) is 4.12. The predicted octanol–water partition coefficient (Wildman–Crippen LogP) is 4.16. The molecule has 0 saturated carbocycles. The van der Waals surface area contributed by atoms with Crippen molar-refractivity contribution in [1.82, 2.24) is 4.57 Å². The molecule has 8 heteroatoms. The summed E-state index contributed by atoms with van der Waals surface area (Å²) in [6.07, 6.45) is 1.61. The van der Waals surface area contributed by atoms with Gasteiger partial charge in [0, 0.05) is 5.56 Å². The second-order valence-corrected chi connectivity index (χ2v) is 5.87. The van der Waals surface area contributed by atoms with Crippen molar-refractivity contribution in [2.45, 2.75) is 6.92 Å². The second-order valence-electron chi connectivity index (χ2n) is 5.87. The van der Waals surface area contributed by atoms with Crippen molar-refractivity contribution in [2.24, 2.45) is 0 Å². The molecule has 1 aliphatic heterocycles. The van der Waals surface area contributed by atoms with E-state index < -0.39 is 29.0 Å². The lowest BCUT2D eigenvalue weighted by atomic mass is 10.1. The molecule has 0 aliphatic carbocycles. The van der Waals surface area contributed by atoms with E-state index in [-0.39, 0.29) is 29.0 Å². The van der Waals surface area contributed by atoms with Crippen molar-refractivity contribution in [1.29, 1.82) is 0 Å². The molecule has 2 aromatic carbocycles. The lowest BCUT2D eigenvalue weighted by Crippen LogP contribution is -2.19. The maximum absolute atomic E-state index is 14.4. The number of carbonyl (C=O) groups excluding carboxylic acids is 1. The van der Waals surface area contributed by atoms with Crippen LogP contribution < -0.4 is 14.9 Å². The number of nitrogens with zero attached hydrogens (tertiary/aromatic N) is 1. The minimum absolute atomic E-state index is 0.0276. The molecule has 1 aliphatic rings. The SMILES string of the molecule is CCOC(=O)Oc1cn2c3c(c(F)c(F)cc3c1=O)OC(c1ccccc1)=C2. The molecule has 0 bridgehead atoms. The van der Waals surface area contributed by atoms with E-state index in [0.717, 1.165) is 6.07 Å². The minimum atomic E-state index is -1.26. The highest BCUT2D eigenvalue weighted by molar-refractivity contribution is 5.93. The van der Waals surface area contributed by atoms with E-state index in [9.17, 15) is 18.4 Å². The number of aromatic nitrogens is 1. The Kier molecular flexibility index (Phi) is 4.31. The molecule has 0 unspecified atom stereocenters. The van der Waals surface area contributed by atoms with Gasteiger partial charge in [-0.25, -0.2) is 9.18 Å². The van der Waals surface area contributed by atoms with Crippen molar-refractivity contribution < 1.29 is 27.8 Å². The molecule has 0 saturated heterocycles. The van der Waals surface area contributed by atoms with Gasteiger partial charge in [-0.15, -0.1) is 0 Å². The molecule has 0 atom stereocenters. The lowest BCUT2D eigenvalue weighted by molar-refractivity contribution is 0.104. The molecule has 0 amide bonds. The van der Waals surface area contributed by atoms with Gasteiger partial charge in [-0.05, 0) is 13.0 Å². The summed E-state index contributed by atoms with van der Waals surface area (Å²) >= 11 is 0. The van der Waals surface area contributed by atoms with Crippen LogP contribution in [-0.4, -0.2) is 17.3 Å². The van der Waals surface area contributed by atoms with Crippen molar-refractivity contribution in [3.63, 3.8) is 0 Å². The highest BCUT2D eigenvalue weighted by Crippen LogP contribution is 2.37. The first-order valence-corrected chi connectivity index (χ1v) is 8.36. The first-order chi connectivity index (χ1) is 13.5. The Morgan fingerprint density at radius 1 is 1.21 bits per heavy atom. The van der Waals surface area contributed by atoms with Gasteiger partial charge in [0.2, 0.25) is 11.2 Å². The van der Waals surface area contributed by atoms with Crippen molar-refractivity contribution >= 4 is 29.0 Å². The number of pyridine rings is 1. The normalized spacial score (nSPS) is 12.3. The third kappa shape index (κ3) is 2.88. The Labute approximate surface area is 157 Å². The number of hydrogen-bond donors (Lipinski definition) is 0. The largest absolute Gasteiger partial charge is 0.514 e. The van der Waals surface area contributed by atoms with Gasteiger partial charge in [-0.1, -0.05) is 30.3 Å². The minimum Gasteiger partial charge on any atom is -0.450 e. The summed E-state index contributed by atoms with van der Waals surface area (Å²) in [4.78, 5) is 24.2. The molecular formula is C20H13F2NO5. The number of benzene rings is 2. The molecule has 1 aromatic heterocycles. The summed E-state index contributed by atoms with van der Waals surface area (Å²) in [5.41, 5.74) is -0.157. The second kappa shape index (κ2) is 6.80. The van der Waals surface area contributed by atoms with Crippen molar-refractivity contribution in [3.05, 3.63) is 70.0 Å². The van der Waals surface area contributed by atoms with Crippen LogP contribution in [-0.2, 0) is 4.74 Å². The van der Waals surface area contributed by atoms with Gasteiger partial charge >= 0.3 is 6.16 Å². The van der Waals surface area contributed by atoms with Gasteiger partial charge in [0.15, 0.2) is 23.1 Å². The summed E-state index contributed by atoms with van der Waals surface area (Å²) in [5, 5.41) is -0.195. The van der Waals surface area contributed by atoms with Crippen LogP contribution in [0.15, 0.2) is 47.4 Å². The van der Waals surface area contributed by atoms with Gasteiger partial charge in [-0.2, -0.15) is 4.39 Å². The molecule has 0 N–H and O–H groups in total. The quantitative estimate of drug-likeness (QED) is 0.634. The van der Waals surface area contributed by atoms with E-state index in [1.54, 1.807) is 37.3 Å². The van der Waals surface area contributed by atoms with E-state index >= 15 is 0 Å². The van der Waals surface area contributed by atoms with Gasteiger partial charge in [0.1, 0.15) is 5.52 Å². The first kappa shape index (κ1) is 17.7. The topological polar surface area (TPSA) is 66.8 Å². The van der Waals surface area contributed by atoms with E-state index in [0.29, 0.717) is 5.56 Å². The molecule has 142 valence electrons. The Morgan fingerprint density at radius 3 is 2.68 bits per heavy atom. The maximum atomic E-state index is 14.4. The van der Waals surface area contributed by atoms with Gasteiger partial charge in [0.25, 0.3) is 0 Å². The Hall–Kier alpha value is -3.68. The average Bonchev–Trinajstić information content (AvgIpc) is 2.69. The van der Waals surface area contributed by atoms with Crippen LogP contribution in [0.3, 0.4) is 0 Å². The highest BCUT2D eigenvalue weighted by atomic mass is 19.2. The van der Waals surface area contributed by atoms with Crippen LogP contribution in [0.25, 0.3) is 22.9 Å². The van der Waals surface area contributed by atoms with Gasteiger partial charge in [0.05, 0.1) is 24.4 Å². The molecular weight excluding hydrogens is 372 g/mol. The van der Waals surface area contributed by atoms with Gasteiger partial charge in [-0.3, -0.25) is 4.79 Å². The summed E-state index contributed by atoms with van der Waals surface area (Å²) in [6, 6.07) is 9.51. The lowest BCUT2D eigenvalue weighted by Gasteiger charge is -2.21. The molecule has 0 fully saturated rings. The number of halogens is 2. The Morgan fingerprint density at radius 2 is 1.96 bits per heavy atom. The number of ether oxygens (including phenoxy) is 3. The smallest absolute Gasteiger partial charge is 0.450 e. The van der Waals surface area contributed by atoms with Gasteiger partial charge < -0.3 is 18.8 Å². The zero-order valence-corrected chi connectivity index (χ0v) is 14.6. The summed E-state index contributed by atoms with van der Waals surface area (Å²) in [5.74, 6) is -3.05. The first-order valence-electron chi connectivity index (χ1n) is 8.36. The van der Waals surface area contributed by atoms with E-state index in [4.69, 9.17) is 9.47 Å². The van der Waals surface area contributed by atoms with Crippen LogP contribution in [0.1, 0.15) is 12.5 Å². The third-order valence-corrected chi connectivity index (χ3v) is 4.12.